The summed E-state index contributed by atoms with van der Waals surface area (Å²) in [6.45, 7) is 3.76. The smallest absolute Gasteiger partial charge is 0.347 e. The van der Waals surface area contributed by atoms with Crippen molar-refractivity contribution in [1.29, 1.82) is 0 Å². The molecule has 0 unspecified atom stereocenters. The highest BCUT2D eigenvalue weighted by molar-refractivity contribution is 7.13. The van der Waals surface area contributed by atoms with E-state index < -0.39 is 5.97 Å². The van der Waals surface area contributed by atoms with Crippen molar-refractivity contribution < 1.29 is 14.4 Å². The second-order valence-electron chi connectivity index (χ2n) is 5.23. The first-order chi connectivity index (χ1) is 9.56. The first-order valence-corrected chi connectivity index (χ1v) is 7.52. The van der Waals surface area contributed by atoms with Crippen LogP contribution in [0, 0.1) is 13.8 Å². The van der Waals surface area contributed by atoms with E-state index in [2.05, 4.69) is 10.1 Å². The molecule has 0 atom stereocenters. The molecule has 0 aliphatic heterocycles. The molecule has 1 fully saturated rings. The third-order valence-electron chi connectivity index (χ3n) is 3.89. The second kappa shape index (κ2) is 5.01. The van der Waals surface area contributed by atoms with Gasteiger partial charge in [0.25, 0.3) is 0 Å². The highest BCUT2D eigenvalue weighted by atomic mass is 32.1. The predicted molar refractivity (Wildman–Crippen MR) is 74.4 cm³/mol. The summed E-state index contributed by atoms with van der Waals surface area (Å²) in [6, 6.07) is 0. The Kier molecular flexibility index (Phi) is 3.33. The maximum absolute atomic E-state index is 11.4. The van der Waals surface area contributed by atoms with Crippen molar-refractivity contribution in [1.82, 2.24) is 10.1 Å². The van der Waals surface area contributed by atoms with Gasteiger partial charge in [-0.3, -0.25) is 0 Å². The first kappa shape index (κ1) is 13.3. The van der Waals surface area contributed by atoms with E-state index in [0.717, 1.165) is 40.6 Å². The van der Waals surface area contributed by atoms with Gasteiger partial charge in [-0.05, 0) is 26.7 Å². The van der Waals surface area contributed by atoms with Gasteiger partial charge in [-0.25, -0.2) is 9.78 Å². The Bertz CT molecular complexity index is 636. The van der Waals surface area contributed by atoms with E-state index in [1.165, 1.54) is 17.8 Å². The maximum atomic E-state index is 11.4. The fourth-order valence-electron chi connectivity index (χ4n) is 2.47. The van der Waals surface area contributed by atoms with Gasteiger partial charge >= 0.3 is 5.97 Å². The van der Waals surface area contributed by atoms with Crippen LogP contribution >= 0.6 is 11.3 Å². The summed E-state index contributed by atoms with van der Waals surface area (Å²) < 4.78 is 5.14. The quantitative estimate of drug-likeness (QED) is 0.935. The lowest BCUT2D eigenvalue weighted by molar-refractivity contribution is 0.0699. The topological polar surface area (TPSA) is 76.2 Å². The lowest BCUT2D eigenvalue weighted by Gasteiger charge is -2.23. The van der Waals surface area contributed by atoms with Crippen molar-refractivity contribution in [2.24, 2.45) is 0 Å². The van der Waals surface area contributed by atoms with Crippen molar-refractivity contribution in [2.75, 3.05) is 0 Å². The number of aromatic nitrogens is 2. The molecular weight excluding hydrogens is 276 g/mol. The summed E-state index contributed by atoms with van der Waals surface area (Å²) in [5.41, 5.74) is 2.63. The largest absolute Gasteiger partial charge is 0.477 e. The molecule has 0 bridgehead atoms. The lowest BCUT2D eigenvalue weighted by atomic mass is 9.82. The van der Waals surface area contributed by atoms with E-state index in [-0.39, 0.29) is 0 Å². The van der Waals surface area contributed by atoms with E-state index in [1.54, 1.807) is 0 Å². The molecule has 6 heteroatoms. The Morgan fingerprint density at radius 1 is 1.45 bits per heavy atom. The summed E-state index contributed by atoms with van der Waals surface area (Å²) in [4.78, 5) is 16.3. The number of carboxylic acid groups (broad SMARTS) is 1. The molecule has 0 amide bonds. The number of hydrogen-bond acceptors (Lipinski definition) is 5. The average Bonchev–Trinajstić information content (AvgIpc) is 2.86. The van der Waals surface area contributed by atoms with Gasteiger partial charge in [0.2, 0.25) is 0 Å². The summed E-state index contributed by atoms with van der Waals surface area (Å²) in [6.07, 6.45) is 3.86. The number of aromatic carboxylic acids is 1. The Labute approximate surface area is 120 Å². The molecule has 106 valence electrons. The predicted octanol–water partition coefficient (Wildman–Crippen LogP) is 3.30. The molecule has 0 spiro atoms. The van der Waals surface area contributed by atoms with E-state index in [4.69, 9.17) is 4.52 Å². The molecule has 20 heavy (non-hydrogen) atoms. The third-order valence-corrected chi connectivity index (χ3v) is 4.95. The number of aryl methyl sites for hydroxylation is 2. The number of nitrogens with zero attached hydrogens (tertiary/aromatic N) is 2. The van der Waals surface area contributed by atoms with Gasteiger partial charge in [0.05, 0.1) is 16.4 Å². The van der Waals surface area contributed by atoms with Crippen LogP contribution in [-0.4, -0.2) is 21.2 Å². The van der Waals surface area contributed by atoms with Gasteiger partial charge < -0.3 is 9.63 Å². The minimum absolute atomic E-state index is 0.329. The van der Waals surface area contributed by atoms with Crippen molar-refractivity contribution in [3.63, 3.8) is 0 Å². The molecule has 0 radical (unpaired) electrons. The molecule has 2 heterocycles. The zero-order chi connectivity index (χ0) is 14.3. The minimum Gasteiger partial charge on any atom is -0.477 e. The number of carboxylic acids is 1. The fourth-order valence-corrected chi connectivity index (χ4v) is 3.47. The fraction of sp³-hybridized carbons (Fsp3) is 0.500. The van der Waals surface area contributed by atoms with Gasteiger partial charge in [-0.1, -0.05) is 11.6 Å². The standard InChI is InChI=1S/C14H16N2O3S/c1-7-10(8(2)19-16-7)6-11-15-12(9-4-3-5-9)13(20-11)14(17)18/h9H,3-6H2,1-2H3,(H,17,18). The SMILES string of the molecule is Cc1noc(C)c1Cc1nc(C2CCC2)c(C(=O)O)s1. The molecule has 1 aliphatic rings. The van der Waals surface area contributed by atoms with Crippen LogP contribution in [0.4, 0.5) is 0 Å². The Balaban J connectivity index is 1.92. The van der Waals surface area contributed by atoms with Crippen LogP contribution in [-0.2, 0) is 6.42 Å². The maximum Gasteiger partial charge on any atom is 0.347 e. The molecule has 0 aromatic carbocycles. The molecule has 2 aromatic heterocycles. The van der Waals surface area contributed by atoms with E-state index >= 15 is 0 Å². The van der Waals surface area contributed by atoms with Crippen molar-refractivity contribution in [3.8, 4) is 0 Å². The van der Waals surface area contributed by atoms with Crippen LogP contribution in [0.3, 0.4) is 0 Å². The number of thiazole rings is 1. The number of hydrogen-bond donors (Lipinski definition) is 1. The van der Waals surface area contributed by atoms with Gasteiger partial charge in [0, 0.05) is 17.9 Å². The van der Waals surface area contributed by atoms with Crippen molar-refractivity contribution >= 4 is 17.3 Å². The third kappa shape index (κ3) is 2.24. The molecule has 1 saturated carbocycles. The van der Waals surface area contributed by atoms with Crippen LogP contribution in [0.2, 0.25) is 0 Å². The van der Waals surface area contributed by atoms with E-state index in [0.29, 0.717) is 17.2 Å². The molecule has 1 N–H and O–H groups in total. The molecule has 3 rings (SSSR count). The number of rotatable bonds is 4. The van der Waals surface area contributed by atoms with Crippen LogP contribution in [0.1, 0.15) is 62.6 Å². The average molecular weight is 292 g/mol. The highest BCUT2D eigenvalue weighted by Gasteiger charge is 2.29. The van der Waals surface area contributed by atoms with Crippen LogP contribution < -0.4 is 0 Å². The highest BCUT2D eigenvalue weighted by Crippen LogP contribution is 2.39. The molecule has 5 nitrogen and oxygen atoms in total. The van der Waals surface area contributed by atoms with E-state index in [1.807, 2.05) is 13.8 Å². The van der Waals surface area contributed by atoms with Crippen molar-refractivity contribution in [3.05, 3.63) is 32.6 Å². The molecular formula is C14H16N2O3S. The zero-order valence-corrected chi connectivity index (χ0v) is 12.3. The lowest BCUT2D eigenvalue weighted by Crippen LogP contribution is -2.12. The molecule has 2 aromatic rings. The normalized spacial score (nSPS) is 15.3. The second-order valence-corrected chi connectivity index (χ2v) is 6.32. The monoisotopic (exact) mass is 292 g/mol. The van der Waals surface area contributed by atoms with E-state index in [9.17, 15) is 9.90 Å². The van der Waals surface area contributed by atoms with Crippen LogP contribution in [0.25, 0.3) is 0 Å². The van der Waals surface area contributed by atoms with Gasteiger partial charge in [0.15, 0.2) is 0 Å². The zero-order valence-electron chi connectivity index (χ0n) is 11.5. The minimum atomic E-state index is -0.866. The molecule has 0 saturated heterocycles. The first-order valence-electron chi connectivity index (χ1n) is 6.71. The summed E-state index contributed by atoms with van der Waals surface area (Å²) in [5, 5.41) is 14.1. The van der Waals surface area contributed by atoms with Crippen LogP contribution in [0.5, 0.6) is 0 Å². The summed E-state index contributed by atoms with van der Waals surface area (Å²) in [7, 11) is 0. The van der Waals surface area contributed by atoms with Gasteiger partial charge in [-0.2, -0.15) is 0 Å². The van der Waals surface area contributed by atoms with Crippen molar-refractivity contribution in [2.45, 2.75) is 45.4 Å². The van der Waals surface area contributed by atoms with Gasteiger partial charge in [-0.15, -0.1) is 11.3 Å². The summed E-state index contributed by atoms with van der Waals surface area (Å²) in [5.74, 6) is 0.241. The number of carbonyl (C=O) groups is 1. The van der Waals surface area contributed by atoms with Crippen LogP contribution in [0.15, 0.2) is 4.52 Å². The Morgan fingerprint density at radius 3 is 2.70 bits per heavy atom. The van der Waals surface area contributed by atoms with Gasteiger partial charge in [0.1, 0.15) is 10.6 Å². The Hall–Kier alpha value is -1.69. The molecule has 1 aliphatic carbocycles. The summed E-state index contributed by atoms with van der Waals surface area (Å²) >= 11 is 1.28. The Morgan fingerprint density at radius 2 is 2.20 bits per heavy atom.